The van der Waals surface area contributed by atoms with E-state index in [1.165, 1.54) is 0 Å². The Morgan fingerprint density at radius 3 is 2.70 bits per heavy atom. The number of nitrogens with one attached hydrogen (secondary N) is 2. The summed E-state index contributed by atoms with van der Waals surface area (Å²) in [5.74, 6) is 1.19. The normalized spacial score (nSPS) is 18.2. The molecule has 1 aromatic carbocycles. The third kappa shape index (κ3) is 3.52. The van der Waals surface area contributed by atoms with Crippen molar-refractivity contribution in [2.75, 3.05) is 30.0 Å². The van der Waals surface area contributed by atoms with Gasteiger partial charge in [-0.25, -0.2) is 9.98 Å². The van der Waals surface area contributed by atoms with E-state index in [4.69, 9.17) is 26.2 Å². The van der Waals surface area contributed by atoms with E-state index in [0.29, 0.717) is 30.3 Å². The summed E-state index contributed by atoms with van der Waals surface area (Å²) in [6.07, 6.45) is 3.45. The molecule has 2 aliphatic rings. The van der Waals surface area contributed by atoms with Crippen LogP contribution in [-0.2, 0) is 4.74 Å². The zero-order chi connectivity index (χ0) is 21.1. The summed E-state index contributed by atoms with van der Waals surface area (Å²) in [5.41, 5.74) is 13.7. The number of benzene rings is 1. The van der Waals surface area contributed by atoms with Gasteiger partial charge in [0.15, 0.2) is 6.19 Å². The number of para-hydroxylation sites is 1. The highest BCUT2D eigenvalue weighted by molar-refractivity contribution is 5.98. The van der Waals surface area contributed by atoms with Gasteiger partial charge in [0.1, 0.15) is 41.2 Å². The first-order valence-electron chi connectivity index (χ1n) is 9.44. The lowest BCUT2D eigenvalue weighted by Gasteiger charge is -2.29. The number of nitrogens with zero attached hydrogens (tertiary/aromatic N) is 4. The van der Waals surface area contributed by atoms with Crippen LogP contribution in [0.4, 0.5) is 17.3 Å². The number of hydrogen-bond donors (Lipinski definition) is 4. The van der Waals surface area contributed by atoms with Gasteiger partial charge < -0.3 is 26.3 Å². The number of pyridine rings is 1. The number of fused-ring (bicyclic) bond motifs is 1. The zero-order valence-electron chi connectivity index (χ0n) is 16.1. The van der Waals surface area contributed by atoms with E-state index in [0.717, 1.165) is 18.4 Å². The topological polar surface area (TPSA) is 167 Å². The summed E-state index contributed by atoms with van der Waals surface area (Å²) in [6, 6.07) is 8.85. The molecule has 4 rings (SSSR count). The smallest absolute Gasteiger partial charge is 0.211 e. The number of nitriles is 2. The lowest BCUT2D eigenvalue weighted by Crippen LogP contribution is -2.33. The Bertz CT molecular complexity index is 1080. The molecule has 0 saturated carbocycles. The first kappa shape index (κ1) is 19.3. The number of anilines is 3. The summed E-state index contributed by atoms with van der Waals surface area (Å²) in [7, 11) is 0. The van der Waals surface area contributed by atoms with Crippen LogP contribution in [0.2, 0.25) is 0 Å². The Labute approximate surface area is 173 Å². The van der Waals surface area contributed by atoms with Crippen molar-refractivity contribution in [2.45, 2.75) is 25.0 Å². The second-order valence-corrected chi connectivity index (χ2v) is 6.87. The number of nitrogens with two attached hydrogens (primary N) is 2. The van der Waals surface area contributed by atoms with Crippen LogP contribution in [0.25, 0.3) is 0 Å². The fraction of sp³-hybridized carbons (Fsp3) is 0.300. The van der Waals surface area contributed by atoms with Crippen molar-refractivity contribution in [3.63, 3.8) is 0 Å². The molecule has 0 amide bonds. The second-order valence-electron chi connectivity index (χ2n) is 6.87. The Kier molecular flexibility index (Phi) is 5.24. The number of aliphatic imine (C=N–C) groups is 1. The van der Waals surface area contributed by atoms with Gasteiger partial charge in [0, 0.05) is 24.0 Å². The fourth-order valence-corrected chi connectivity index (χ4v) is 3.59. The molecular weight excluding hydrogens is 384 g/mol. The number of hydrogen-bond acceptors (Lipinski definition) is 10. The summed E-state index contributed by atoms with van der Waals surface area (Å²) in [4.78, 5) is 8.88. The van der Waals surface area contributed by atoms with Crippen LogP contribution in [-0.4, -0.2) is 30.3 Å². The van der Waals surface area contributed by atoms with Crippen molar-refractivity contribution in [2.24, 2.45) is 4.99 Å². The standard InChI is InChI=1S/C20H20N8O2/c21-9-13-16(23)15-17(26-20(25-10-22)28-19(15)27-18(13)24)12-3-1-2-4-14(12)30-11-5-7-29-8-6-11/h1-4,11,17H,5-8H2,(H6,23,24,25,26,27,28). The van der Waals surface area contributed by atoms with Gasteiger partial charge >= 0.3 is 0 Å². The van der Waals surface area contributed by atoms with E-state index in [1.54, 1.807) is 0 Å². The average Bonchev–Trinajstić information content (AvgIpc) is 2.75. The largest absolute Gasteiger partial charge is 0.490 e. The molecule has 0 radical (unpaired) electrons. The van der Waals surface area contributed by atoms with Crippen LogP contribution in [0.1, 0.15) is 35.6 Å². The van der Waals surface area contributed by atoms with Gasteiger partial charge in [0.25, 0.3) is 0 Å². The van der Waals surface area contributed by atoms with Gasteiger partial charge in [0.05, 0.1) is 18.9 Å². The quantitative estimate of drug-likeness (QED) is 0.439. The van der Waals surface area contributed by atoms with Gasteiger partial charge in [-0.1, -0.05) is 18.2 Å². The number of nitrogen functional groups attached to an aromatic ring is 2. The van der Waals surface area contributed by atoms with E-state index < -0.39 is 6.04 Å². The fourth-order valence-electron chi connectivity index (χ4n) is 3.59. The Hall–Kier alpha value is -4.02. The van der Waals surface area contributed by atoms with E-state index >= 15 is 0 Å². The minimum Gasteiger partial charge on any atom is -0.490 e. The molecule has 1 atom stereocenters. The first-order chi connectivity index (χ1) is 14.6. The highest BCUT2D eigenvalue weighted by Crippen LogP contribution is 2.43. The van der Waals surface area contributed by atoms with Crippen molar-refractivity contribution in [1.82, 2.24) is 10.3 Å². The van der Waals surface area contributed by atoms with Crippen molar-refractivity contribution in [1.29, 1.82) is 10.5 Å². The van der Waals surface area contributed by atoms with Crippen molar-refractivity contribution < 1.29 is 9.47 Å². The Morgan fingerprint density at radius 1 is 1.20 bits per heavy atom. The molecule has 10 heteroatoms. The van der Waals surface area contributed by atoms with Crippen molar-refractivity contribution in [3.8, 4) is 18.0 Å². The van der Waals surface area contributed by atoms with Gasteiger partial charge in [0.2, 0.25) is 5.96 Å². The summed E-state index contributed by atoms with van der Waals surface area (Å²) < 4.78 is 11.7. The third-order valence-electron chi connectivity index (χ3n) is 5.03. The number of aromatic nitrogens is 1. The minimum atomic E-state index is -0.645. The molecule has 1 saturated heterocycles. The van der Waals surface area contributed by atoms with E-state index in [9.17, 15) is 5.26 Å². The molecule has 1 unspecified atom stereocenters. The first-order valence-corrected chi connectivity index (χ1v) is 9.44. The van der Waals surface area contributed by atoms with Gasteiger partial charge in [-0.2, -0.15) is 10.5 Å². The van der Waals surface area contributed by atoms with Gasteiger partial charge in [-0.05, 0) is 6.07 Å². The van der Waals surface area contributed by atoms with Crippen molar-refractivity contribution in [3.05, 3.63) is 41.0 Å². The van der Waals surface area contributed by atoms with Crippen LogP contribution in [0.5, 0.6) is 5.75 Å². The molecule has 2 aliphatic heterocycles. The number of guanidine groups is 1. The molecular formula is C20H20N8O2. The summed E-state index contributed by atoms with van der Waals surface area (Å²) >= 11 is 0. The zero-order valence-corrected chi connectivity index (χ0v) is 16.1. The maximum Gasteiger partial charge on any atom is 0.211 e. The predicted octanol–water partition coefficient (Wildman–Crippen LogP) is 1.62. The molecule has 1 aromatic heterocycles. The van der Waals surface area contributed by atoms with Gasteiger partial charge in [-0.3, -0.25) is 5.32 Å². The van der Waals surface area contributed by atoms with Crippen LogP contribution in [0, 0.1) is 22.8 Å². The molecule has 10 nitrogen and oxygen atoms in total. The lowest BCUT2D eigenvalue weighted by molar-refractivity contribution is 0.0251. The minimum absolute atomic E-state index is 0.00458. The molecule has 0 aliphatic carbocycles. The van der Waals surface area contributed by atoms with Gasteiger partial charge in [-0.15, -0.1) is 0 Å². The maximum atomic E-state index is 9.47. The van der Waals surface area contributed by atoms with Crippen molar-refractivity contribution >= 4 is 23.3 Å². The Morgan fingerprint density at radius 2 is 1.97 bits per heavy atom. The molecule has 0 spiro atoms. The SMILES string of the molecule is N#CNC1=NC(c2ccccc2OC2CCOCC2)c2c(nc(N)c(C#N)c2N)N1. The molecule has 2 aromatic rings. The highest BCUT2D eigenvalue weighted by atomic mass is 16.5. The molecule has 6 N–H and O–H groups in total. The molecule has 3 heterocycles. The average molecular weight is 404 g/mol. The number of rotatable bonds is 3. The van der Waals surface area contributed by atoms with Crippen LogP contribution < -0.4 is 26.8 Å². The van der Waals surface area contributed by atoms with E-state index in [-0.39, 0.29) is 29.1 Å². The van der Waals surface area contributed by atoms with Crippen LogP contribution >= 0.6 is 0 Å². The maximum absolute atomic E-state index is 9.47. The monoisotopic (exact) mass is 404 g/mol. The van der Waals surface area contributed by atoms with Crippen LogP contribution in [0.3, 0.4) is 0 Å². The third-order valence-corrected chi connectivity index (χ3v) is 5.03. The lowest BCUT2D eigenvalue weighted by atomic mass is 9.94. The number of ether oxygens (including phenoxy) is 2. The summed E-state index contributed by atoms with van der Waals surface area (Å²) in [6.45, 7) is 1.30. The highest BCUT2D eigenvalue weighted by Gasteiger charge is 2.31. The Balaban J connectivity index is 1.83. The predicted molar refractivity (Wildman–Crippen MR) is 110 cm³/mol. The summed E-state index contributed by atoms with van der Waals surface area (Å²) in [5, 5.41) is 23.9. The molecule has 0 bridgehead atoms. The van der Waals surface area contributed by atoms with Crippen LogP contribution in [0.15, 0.2) is 29.3 Å². The molecule has 1 fully saturated rings. The second kappa shape index (κ2) is 8.15. The molecule has 30 heavy (non-hydrogen) atoms. The van der Waals surface area contributed by atoms with E-state index in [2.05, 4.69) is 20.6 Å². The van der Waals surface area contributed by atoms with E-state index in [1.807, 2.05) is 36.5 Å². The molecule has 152 valence electrons.